The van der Waals surface area contributed by atoms with Gasteiger partial charge >= 0.3 is 0 Å². The Labute approximate surface area is 119 Å². The van der Waals surface area contributed by atoms with Gasteiger partial charge in [-0.25, -0.2) is 0 Å². The maximum absolute atomic E-state index is 12.1. The Morgan fingerprint density at radius 3 is 2.42 bits per heavy atom. The van der Waals surface area contributed by atoms with E-state index in [1.807, 2.05) is 29.2 Å². The van der Waals surface area contributed by atoms with Gasteiger partial charge in [0.2, 0.25) is 5.91 Å². The molecule has 1 aromatic rings. The van der Waals surface area contributed by atoms with Crippen molar-refractivity contribution in [1.82, 2.24) is 0 Å². The van der Waals surface area contributed by atoms with Crippen molar-refractivity contribution in [3.05, 3.63) is 24.3 Å². The molecule has 0 aromatic heterocycles. The molecule has 1 aliphatic carbocycles. The van der Waals surface area contributed by atoms with Crippen molar-refractivity contribution in [3.8, 4) is 5.75 Å². The van der Waals surface area contributed by atoms with Gasteiger partial charge in [0.25, 0.3) is 0 Å². The highest BCUT2D eigenvalue weighted by Crippen LogP contribution is 2.29. The van der Waals surface area contributed by atoms with E-state index in [-0.39, 0.29) is 17.8 Å². The number of hydrogen-bond acceptors (Lipinski definition) is 2. The lowest BCUT2D eigenvalue weighted by Crippen LogP contribution is -2.42. The standard InChI is InChI=1S/C15H20ClNO2/c1-19-14-9-7-13(8-10-14)17(15(18)11-16)12-5-3-2-4-6-12/h7-10,12H,2-6,11H2,1H3. The van der Waals surface area contributed by atoms with Crippen molar-refractivity contribution in [3.63, 3.8) is 0 Å². The van der Waals surface area contributed by atoms with Crippen LogP contribution in [0.3, 0.4) is 0 Å². The molecule has 1 saturated carbocycles. The van der Waals surface area contributed by atoms with E-state index >= 15 is 0 Å². The summed E-state index contributed by atoms with van der Waals surface area (Å²) in [6.07, 6.45) is 5.77. The first kappa shape index (κ1) is 14.2. The van der Waals surface area contributed by atoms with Crippen molar-refractivity contribution < 1.29 is 9.53 Å². The van der Waals surface area contributed by atoms with Gasteiger partial charge in [0, 0.05) is 11.7 Å². The summed E-state index contributed by atoms with van der Waals surface area (Å²) in [6, 6.07) is 7.91. The van der Waals surface area contributed by atoms with Gasteiger partial charge in [0.15, 0.2) is 0 Å². The van der Waals surface area contributed by atoms with E-state index in [2.05, 4.69) is 0 Å². The first-order valence-corrected chi connectivity index (χ1v) is 7.32. The molecule has 4 heteroatoms. The number of halogens is 1. The van der Waals surface area contributed by atoms with Crippen molar-refractivity contribution in [2.45, 2.75) is 38.1 Å². The smallest absolute Gasteiger partial charge is 0.242 e. The Bertz CT molecular complexity index is 413. The number of benzene rings is 1. The third-order valence-corrected chi connectivity index (χ3v) is 3.90. The topological polar surface area (TPSA) is 29.5 Å². The molecule has 0 unspecified atom stereocenters. The van der Waals surface area contributed by atoms with Gasteiger partial charge in [-0.05, 0) is 37.1 Å². The second-order valence-corrected chi connectivity index (χ2v) is 5.15. The molecule has 0 saturated heterocycles. The van der Waals surface area contributed by atoms with Gasteiger partial charge in [0.05, 0.1) is 7.11 Å². The van der Waals surface area contributed by atoms with E-state index in [0.29, 0.717) is 0 Å². The van der Waals surface area contributed by atoms with Crippen molar-refractivity contribution in [1.29, 1.82) is 0 Å². The largest absolute Gasteiger partial charge is 0.497 e. The number of anilines is 1. The second kappa shape index (κ2) is 6.80. The SMILES string of the molecule is COc1ccc(N(C(=O)CCl)C2CCCCC2)cc1. The van der Waals surface area contributed by atoms with Crippen LogP contribution in [0.4, 0.5) is 5.69 Å². The fourth-order valence-corrected chi connectivity index (χ4v) is 2.83. The van der Waals surface area contributed by atoms with Crippen LogP contribution in [0, 0.1) is 0 Å². The summed E-state index contributed by atoms with van der Waals surface area (Å²) in [4.78, 5) is 14.0. The Morgan fingerprint density at radius 2 is 1.89 bits per heavy atom. The summed E-state index contributed by atoms with van der Waals surface area (Å²) in [5.41, 5.74) is 0.915. The minimum Gasteiger partial charge on any atom is -0.497 e. The number of alkyl halides is 1. The molecule has 0 bridgehead atoms. The number of carbonyl (C=O) groups is 1. The molecule has 0 aliphatic heterocycles. The predicted octanol–water partition coefficient (Wildman–Crippen LogP) is 3.60. The zero-order valence-corrected chi connectivity index (χ0v) is 12.0. The molecule has 2 rings (SSSR count). The van der Waals surface area contributed by atoms with E-state index in [9.17, 15) is 4.79 Å². The Kier molecular flexibility index (Phi) is 5.08. The Hall–Kier alpha value is -1.22. The van der Waals surface area contributed by atoms with E-state index in [4.69, 9.17) is 16.3 Å². The average Bonchev–Trinajstić information content (AvgIpc) is 2.49. The Morgan fingerprint density at radius 1 is 1.26 bits per heavy atom. The molecule has 0 radical (unpaired) electrons. The minimum atomic E-state index is -0.0151. The fraction of sp³-hybridized carbons (Fsp3) is 0.533. The summed E-state index contributed by atoms with van der Waals surface area (Å²) in [6.45, 7) is 0. The van der Waals surface area contributed by atoms with Crippen LogP contribution in [0.1, 0.15) is 32.1 Å². The molecule has 0 heterocycles. The lowest BCUT2D eigenvalue weighted by molar-refractivity contribution is -0.116. The molecule has 0 spiro atoms. The van der Waals surface area contributed by atoms with Crippen LogP contribution in [-0.2, 0) is 4.79 Å². The van der Waals surface area contributed by atoms with Gasteiger partial charge < -0.3 is 9.64 Å². The maximum Gasteiger partial charge on any atom is 0.242 e. The van der Waals surface area contributed by atoms with E-state index in [1.54, 1.807) is 7.11 Å². The predicted molar refractivity (Wildman–Crippen MR) is 78.1 cm³/mol. The first-order chi connectivity index (χ1) is 9.26. The zero-order chi connectivity index (χ0) is 13.7. The third-order valence-electron chi connectivity index (χ3n) is 3.67. The molecule has 19 heavy (non-hydrogen) atoms. The highest BCUT2D eigenvalue weighted by Gasteiger charge is 2.26. The lowest BCUT2D eigenvalue weighted by atomic mass is 9.93. The number of methoxy groups -OCH3 is 1. The number of nitrogens with zero attached hydrogens (tertiary/aromatic N) is 1. The van der Waals surface area contributed by atoms with Crippen LogP contribution in [0.15, 0.2) is 24.3 Å². The number of hydrogen-bond donors (Lipinski definition) is 0. The molecule has 1 fully saturated rings. The molecule has 3 nitrogen and oxygen atoms in total. The van der Waals surface area contributed by atoms with Crippen LogP contribution in [0.25, 0.3) is 0 Å². The summed E-state index contributed by atoms with van der Waals surface area (Å²) >= 11 is 5.76. The van der Waals surface area contributed by atoms with Gasteiger partial charge in [-0.15, -0.1) is 11.6 Å². The van der Waals surface area contributed by atoms with E-state index in [1.165, 1.54) is 19.3 Å². The highest BCUT2D eigenvalue weighted by atomic mass is 35.5. The molecule has 0 atom stereocenters. The fourth-order valence-electron chi connectivity index (χ4n) is 2.70. The van der Waals surface area contributed by atoms with E-state index in [0.717, 1.165) is 24.3 Å². The maximum atomic E-state index is 12.1. The molecule has 1 aliphatic rings. The molecule has 0 N–H and O–H groups in total. The average molecular weight is 282 g/mol. The monoisotopic (exact) mass is 281 g/mol. The Balaban J connectivity index is 2.22. The van der Waals surface area contributed by atoms with Crippen molar-refractivity contribution in [2.75, 3.05) is 17.9 Å². The van der Waals surface area contributed by atoms with E-state index < -0.39 is 0 Å². The molecule has 1 amide bonds. The zero-order valence-electron chi connectivity index (χ0n) is 11.3. The quantitative estimate of drug-likeness (QED) is 0.789. The number of ether oxygens (including phenoxy) is 1. The van der Waals surface area contributed by atoms with Crippen molar-refractivity contribution in [2.24, 2.45) is 0 Å². The van der Waals surface area contributed by atoms with Gasteiger partial charge in [0.1, 0.15) is 11.6 Å². The molecular formula is C15H20ClNO2. The number of carbonyl (C=O) groups excluding carboxylic acids is 1. The van der Waals surface area contributed by atoms with Gasteiger partial charge in [-0.1, -0.05) is 19.3 Å². The molecule has 104 valence electrons. The summed E-state index contributed by atoms with van der Waals surface area (Å²) in [5.74, 6) is 0.812. The summed E-state index contributed by atoms with van der Waals surface area (Å²) < 4.78 is 5.15. The van der Waals surface area contributed by atoms with Gasteiger partial charge in [-0.3, -0.25) is 4.79 Å². The second-order valence-electron chi connectivity index (χ2n) is 4.89. The van der Waals surface area contributed by atoms with Crippen LogP contribution < -0.4 is 9.64 Å². The first-order valence-electron chi connectivity index (χ1n) is 6.78. The summed E-state index contributed by atoms with van der Waals surface area (Å²) in [7, 11) is 1.64. The molecule has 1 aromatic carbocycles. The van der Waals surface area contributed by atoms with Crippen LogP contribution in [-0.4, -0.2) is 24.9 Å². The number of rotatable bonds is 4. The summed E-state index contributed by atoms with van der Waals surface area (Å²) in [5, 5.41) is 0. The third kappa shape index (κ3) is 3.41. The van der Waals surface area contributed by atoms with Crippen LogP contribution in [0.5, 0.6) is 5.75 Å². The van der Waals surface area contributed by atoms with Crippen LogP contribution >= 0.6 is 11.6 Å². The minimum absolute atomic E-state index is 0.0151. The van der Waals surface area contributed by atoms with Crippen LogP contribution in [0.2, 0.25) is 0 Å². The number of amides is 1. The van der Waals surface area contributed by atoms with Gasteiger partial charge in [-0.2, -0.15) is 0 Å². The highest BCUT2D eigenvalue weighted by molar-refractivity contribution is 6.29. The van der Waals surface area contributed by atoms with Crippen molar-refractivity contribution >= 4 is 23.2 Å². The lowest BCUT2D eigenvalue weighted by Gasteiger charge is -2.34. The molecular weight excluding hydrogens is 262 g/mol. The normalized spacial score (nSPS) is 16.1.